The van der Waals surface area contributed by atoms with Gasteiger partial charge in [0.15, 0.2) is 0 Å². The molecule has 13 heteroatoms. The fourth-order valence-corrected chi connectivity index (χ4v) is 4.95. The molecule has 0 spiro atoms. The van der Waals surface area contributed by atoms with E-state index in [0.29, 0.717) is 67.8 Å². The second kappa shape index (κ2) is 15.1. The van der Waals surface area contributed by atoms with Crippen LogP contribution in [0, 0.1) is 5.82 Å². The first-order chi connectivity index (χ1) is 21.4. The van der Waals surface area contributed by atoms with Gasteiger partial charge in [-0.15, -0.1) is 0 Å². The molecule has 2 aromatic carbocycles. The lowest BCUT2D eigenvalue weighted by Gasteiger charge is -2.35. The molecule has 0 unspecified atom stereocenters. The molecular weight excluding hydrogens is 583 g/mol. The number of alkyl carbamates (subject to hydrolysis) is 1. The molecule has 0 atom stereocenters. The van der Waals surface area contributed by atoms with E-state index in [1.54, 1.807) is 48.8 Å². The van der Waals surface area contributed by atoms with Gasteiger partial charge in [0, 0.05) is 51.1 Å². The maximum absolute atomic E-state index is 14.8. The topological polar surface area (TPSA) is 137 Å². The summed E-state index contributed by atoms with van der Waals surface area (Å²) in [5, 5.41) is 10.5. The minimum absolute atomic E-state index is 0.0398. The largest absolute Gasteiger partial charge is 0.444 e. The van der Waals surface area contributed by atoms with Crippen LogP contribution in [0.4, 0.5) is 9.18 Å². The molecule has 12 nitrogen and oxygen atoms in total. The summed E-state index contributed by atoms with van der Waals surface area (Å²) in [6, 6.07) is 11.5. The Morgan fingerprint density at radius 2 is 1.71 bits per heavy atom. The Balaban J connectivity index is 1.22. The number of carbonyl (C=O) groups excluding carboxylic acids is 3. The zero-order chi connectivity index (χ0) is 32.6. The Morgan fingerprint density at radius 3 is 2.42 bits per heavy atom. The van der Waals surface area contributed by atoms with Crippen LogP contribution in [-0.2, 0) is 20.7 Å². The number of halogens is 1. The third-order valence-corrected chi connectivity index (χ3v) is 7.26. The number of aromatic nitrogens is 2. The second-order valence-electron chi connectivity index (χ2n) is 12.0. The van der Waals surface area contributed by atoms with Crippen molar-refractivity contribution in [1.29, 1.82) is 0 Å². The summed E-state index contributed by atoms with van der Waals surface area (Å²) in [5.74, 6) is -1.12. The third kappa shape index (κ3) is 9.56. The van der Waals surface area contributed by atoms with Gasteiger partial charge in [-0.2, -0.15) is 5.10 Å². The minimum Gasteiger partial charge on any atom is -0.444 e. The van der Waals surface area contributed by atoms with Crippen molar-refractivity contribution in [2.75, 3.05) is 66.1 Å². The summed E-state index contributed by atoms with van der Waals surface area (Å²) in [4.78, 5) is 55.0. The number of ether oxygens (including phenoxy) is 2. The summed E-state index contributed by atoms with van der Waals surface area (Å²) >= 11 is 0. The summed E-state index contributed by atoms with van der Waals surface area (Å²) in [6.07, 6.45) is -0.190. The highest BCUT2D eigenvalue weighted by molar-refractivity contribution is 5.95. The first kappa shape index (κ1) is 33.5. The SMILES string of the molecule is CN(CCOCCNC(=O)OC(C)(C)C)CC(=O)N1CCN(C(=O)c2cc(Cc3n[nH]c(=O)c4ccccc34)ccc2F)CC1. The maximum atomic E-state index is 14.8. The number of amides is 3. The number of benzene rings is 2. The molecule has 2 heterocycles. The van der Waals surface area contributed by atoms with Crippen molar-refractivity contribution in [1.82, 2.24) is 30.2 Å². The van der Waals surface area contributed by atoms with E-state index < -0.39 is 23.4 Å². The smallest absolute Gasteiger partial charge is 0.407 e. The molecular formula is C32H41FN6O6. The van der Waals surface area contributed by atoms with Crippen LogP contribution in [0.2, 0.25) is 0 Å². The number of H-pyrrole nitrogens is 1. The van der Waals surface area contributed by atoms with Crippen LogP contribution >= 0.6 is 0 Å². The second-order valence-corrected chi connectivity index (χ2v) is 12.0. The van der Waals surface area contributed by atoms with E-state index in [0.717, 1.165) is 0 Å². The lowest BCUT2D eigenvalue weighted by Crippen LogP contribution is -2.52. The molecule has 1 aliphatic heterocycles. The molecule has 3 amide bonds. The van der Waals surface area contributed by atoms with E-state index in [-0.39, 0.29) is 36.7 Å². The van der Waals surface area contributed by atoms with Gasteiger partial charge in [0.25, 0.3) is 11.5 Å². The van der Waals surface area contributed by atoms with Crippen LogP contribution in [0.5, 0.6) is 0 Å². The monoisotopic (exact) mass is 624 g/mol. The molecule has 1 fully saturated rings. The first-order valence-corrected chi connectivity index (χ1v) is 15.0. The van der Waals surface area contributed by atoms with Crippen molar-refractivity contribution in [2.45, 2.75) is 32.8 Å². The normalized spacial score (nSPS) is 13.7. The van der Waals surface area contributed by atoms with Crippen molar-refractivity contribution in [2.24, 2.45) is 0 Å². The van der Waals surface area contributed by atoms with Gasteiger partial charge in [0.1, 0.15) is 11.4 Å². The van der Waals surface area contributed by atoms with Crippen molar-refractivity contribution in [3.8, 4) is 0 Å². The number of nitrogens with one attached hydrogen (secondary N) is 2. The van der Waals surface area contributed by atoms with Crippen molar-refractivity contribution >= 4 is 28.7 Å². The summed E-state index contributed by atoms with van der Waals surface area (Å²) in [7, 11) is 1.82. The number of rotatable bonds is 11. The van der Waals surface area contributed by atoms with E-state index >= 15 is 0 Å². The highest BCUT2D eigenvalue weighted by Gasteiger charge is 2.27. The van der Waals surface area contributed by atoms with Gasteiger partial charge >= 0.3 is 6.09 Å². The van der Waals surface area contributed by atoms with E-state index in [9.17, 15) is 23.6 Å². The van der Waals surface area contributed by atoms with Crippen LogP contribution < -0.4 is 10.9 Å². The summed E-state index contributed by atoms with van der Waals surface area (Å²) in [6.45, 7) is 8.39. The Kier molecular flexibility index (Phi) is 11.2. The molecule has 45 heavy (non-hydrogen) atoms. The predicted octanol–water partition coefficient (Wildman–Crippen LogP) is 2.41. The molecule has 1 aliphatic rings. The molecule has 0 aliphatic carbocycles. The number of nitrogens with zero attached hydrogens (tertiary/aromatic N) is 4. The van der Waals surface area contributed by atoms with Gasteiger partial charge in [-0.25, -0.2) is 14.3 Å². The average Bonchev–Trinajstić information content (AvgIpc) is 3.00. The van der Waals surface area contributed by atoms with Crippen LogP contribution in [0.1, 0.15) is 42.4 Å². The Labute approximate surface area is 261 Å². The zero-order valence-electron chi connectivity index (χ0n) is 26.2. The molecule has 1 saturated heterocycles. The van der Waals surface area contributed by atoms with E-state index in [2.05, 4.69) is 15.5 Å². The van der Waals surface area contributed by atoms with Crippen molar-refractivity contribution in [3.05, 3.63) is 75.5 Å². The van der Waals surface area contributed by atoms with E-state index in [1.165, 1.54) is 12.1 Å². The Morgan fingerprint density at radius 1 is 1.02 bits per heavy atom. The molecule has 242 valence electrons. The van der Waals surface area contributed by atoms with Gasteiger partial charge < -0.3 is 24.6 Å². The standard InChI is InChI=1S/C32H41FN6O6/c1-32(2,3)45-31(43)34-11-17-44-18-16-37(4)21-28(40)38-12-14-39(15-13-38)30(42)25-19-22(9-10-26(25)33)20-27-23-7-5-6-8-24(23)29(41)36-35-27/h5-10,19H,11-18,20-21H2,1-4H3,(H,34,43)(H,36,41). The molecule has 0 saturated carbocycles. The lowest BCUT2D eigenvalue weighted by molar-refractivity contribution is -0.133. The average molecular weight is 625 g/mol. The minimum atomic E-state index is -0.619. The maximum Gasteiger partial charge on any atom is 0.407 e. The Hall–Kier alpha value is -4.36. The number of fused-ring (bicyclic) bond motifs is 1. The first-order valence-electron chi connectivity index (χ1n) is 15.0. The molecule has 4 rings (SSSR count). The van der Waals surface area contributed by atoms with Gasteiger partial charge in [-0.1, -0.05) is 24.3 Å². The third-order valence-electron chi connectivity index (χ3n) is 7.26. The van der Waals surface area contributed by atoms with Crippen LogP contribution in [0.25, 0.3) is 10.8 Å². The number of hydrogen-bond acceptors (Lipinski definition) is 8. The molecule has 2 N–H and O–H groups in total. The number of aromatic amines is 1. The Bertz CT molecular complexity index is 1560. The van der Waals surface area contributed by atoms with E-state index in [4.69, 9.17) is 9.47 Å². The fraction of sp³-hybridized carbons (Fsp3) is 0.469. The molecule has 1 aromatic heterocycles. The number of hydrogen-bond donors (Lipinski definition) is 2. The lowest BCUT2D eigenvalue weighted by atomic mass is 10.0. The van der Waals surface area contributed by atoms with Gasteiger partial charge in [-0.05, 0) is 51.6 Å². The van der Waals surface area contributed by atoms with Gasteiger partial charge in [0.05, 0.1) is 36.4 Å². The zero-order valence-corrected chi connectivity index (χ0v) is 26.2. The number of carbonyl (C=O) groups is 3. The van der Waals surface area contributed by atoms with Crippen LogP contribution in [-0.4, -0.2) is 114 Å². The van der Waals surface area contributed by atoms with E-state index in [1.807, 2.05) is 24.1 Å². The van der Waals surface area contributed by atoms with Crippen LogP contribution in [0.3, 0.4) is 0 Å². The number of likely N-dealkylation sites (N-methyl/N-ethyl adjacent to an activating group) is 1. The fourth-order valence-electron chi connectivity index (χ4n) is 4.95. The molecule has 0 bridgehead atoms. The summed E-state index contributed by atoms with van der Waals surface area (Å²) < 4.78 is 25.5. The highest BCUT2D eigenvalue weighted by Crippen LogP contribution is 2.20. The van der Waals surface area contributed by atoms with Crippen molar-refractivity contribution < 1.29 is 28.2 Å². The number of piperazine rings is 1. The predicted molar refractivity (Wildman–Crippen MR) is 167 cm³/mol. The quantitative estimate of drug-likeness (QED) is 0.311. The van der Waals surface area contributed by atoms with Crippen molar-refractivity contribution in [3.63, 3.8) is 0 Å². The molecule has 0 radical (unpaired) electrons. The van der Waals surface area contributed by atoms with Gasteiger partial charge in [0.2, 0.25) is 5.91 Å². The van der Waals surface area contributed by atoms with Gasteiger partial charge in [-0.3, -0.25) is 19.3 Å². The highest BCUT2D eigenvalue weighted by atomic mass is 19.1. The summed E-state index contributed by atoms with van der Waals surface area (Å²) in [5.41, 5.74) is 0.416. The molecule has 3 aromatic rings. The van der Waals surface area contributed by atoms with Crippen LogP contribution in [0.15, 0.2) is 47.3 Å².